The lowest BCUT2D eigenvalue weighted by molar-refractivity contribution is 0.0696. The van der Waals surface area contributed by atoms with Crippen molar-refractivity contribution in [3.63, 3.8) is 0 Å². The minimum atomic E-state index is -1.24. The van der Waals surface area contributed by atoms with Gasteiger partial charge in [-0.05, 0) is 158 Å². The van der Waals surface area contributed by atoms with Crippen LogP contribution in [0.3, 0.4) is 0 Å². The Bertz CT molecular complexity index is 2620. The van der Waals surface area contributed by atoms with Gasteiger partial charge in [0.1, 0.15) is 11.6 Å². The number of nitrogens with zero attached hydrogens (tertiary/aromatic N) is 1. The Morgan fingerprint density at radius 3 is 1.38 bits per heavy atom. The number of benzene rings is 4. The van der Waals surface area contributed by atoms with E-state index in [0.29, 0.717) is 47.5 Å². The first-order valence-corrected chi connectivity index (χ1v) is 23.8. The lowest BCUT2D eigenvalue weighted by Gasteiger charge is -2.20. The lowest BCUT2D eigenvalue weighted by atomic mass is 9.91. The van der Waals surface area contributed by atoms with Crippen LogP contribution in [0.15, 0.2) is 60.7 Å². The van der Waals surface area contributed by atoms with E-state index >= 15 is 4.39 Å². The molecule has 0 radical (unpaired) electrons. The molecule has 368 valence electrons. The fourth-order valence-corrected chi connectivity index (χ4v) is 7.70. The number of nitrogens with one attached hydrogen (secondary N) is 5. The van der Waals surface area contributed by atoms with Crippen LogP contribution < -0.4 is 26.6 Å². The van der Waals surface area contributed by atoms with E-state index in [1.54, 1.807) is 31.2 Å². The van der Waals surface area contributed by atoms with Crippen molar-refractivity contribution in [3.05, 3.63) is 117 Å². The molecule has 0 spiro atoms. The molecule has 13 nitrogen and oxygen atoms in total. The van der Waals surface area contributed by atoms with Crippen molar-refractivity contribution in [2.24, 2.45) is 10.8 Å². The second-order valence-electron chi connectivity index (χ2n) is 20.9. The van der Waals surface area contributed by atoms with Crippen LogP contribution in [-0.4, -0.2) is 96.9 Å². The number of carbonyl (C=O) groups excluding carboxylic acids is 5. The first-order valence-electron chi connectivity index (χ1n) is 23.8. The average molecular weight is 949 g/mol. The molecular weight excluding hydrogens is 883 g/mol. The number of carbonyl (C=O) groups is 6. The lowest BCUT2D eigenvalue weighted by Crippen LogP contribution is -2.34. The Hall–Kier alpha value is -6.48. The summed E-state index contributed by atoms with van der Waals surface area (Å²) in [7, 11) is 0. The molecule has 6 N–H and O–H groups in total. The largest absolute Gasteiger partial charge is 0.478 e. The highest BCUT2D eigenvalue weighted by molar-refractivity contribution is 6.06. The molecular formula is C54H66F2N6O7. The summed E-state index contributed by atoms with van der Waals surface area (Å²) in [6, 6.07) is 14.9. The van der Waals surface area contributed by atoms with Gasteiger partial charge in [0.15, 0.2) is 0 Å². The van der Waals surface area contributed by atoms with Crippen LogP contribution in [0.2, 0.25) is 0 Å². The Kier molecular flexibility index (Phi) is 16.4. The monoisotopic (exact) mass is 948 g/mol. The molecule has 0 unspecified atom stereocenters. The van der Waals surface area contributed by atoms with E-state index < -0.39 is 23.5 Å². The van der Waals surface area contributed by atoms with E-state index in [1.807, 2.05) is 41.5 Å². The van der Waals surface area contributed by atoms with Crippen LogP contribution in [-0.2, 0) is 0 Å². The van der Waals surface area contributed by atoms with Crippen molar-refractivity contribution < 1.29 is 42.7 Å². The minimum absolute atomic E-state index is 0.0957. The van der Waals surface area contributed by atoms with Gasteiger partial charge >= 0.3 is 5.97 Å². The Labute approximate surface area is 403 Å². The zero-order chi connectivity index (χ0) is 50.4. The molecule has 2 saturated carbocycles. The quantitative estimate of drug-likeness (QED) is 0.0685. The molecule has 5 amide bonds. The molecule has 0 bridgehead atoms. The molecule has 1 heterocycles. The standard InChI is InChI=1S/C30H39FN4O3.C24H27FN2O4/c1-19-24(16-21(17-26(19)31)28(37)34-22-8-9-22)23-10-7-20(27(36)33-18-30(2,3)4)15-25(23)29(38)32-11-14-35-12-5-6-13-35;1-13-18(10-15(11-20(13)25)22(29)27-16-6-7-16)17-8-5-14(9-19(17)23(30)31)21(28)26-12-24(2,3)4/h7,10,15-17,22H,5-6,8-9,11-14,18H2,1-4H3,(H,32,38)(H,33,36)(H,34,37);5,8-11,16H,6-7,12H2,1-4H3,(H,26,28)(H,27,29)(H,30,31). The molecule has 1 aliphatic heterocycles. The summed E-state index contributed by atoms with van der Waals surface area (Å²) in [5, 5.41) is 24.1. The summed E-state index contributed by atoms with van der Waals surface area (Å²) in [5.41, 5.74) is 2.87. The van der Waals surface area contributed by atoms with Crippen LogP contribution >= 0.6 is 0 Å². The van der Waals surface area contributed by atoms with Crippen molar-refractivity contribution >= 4 is 35.5 Å². The minimum Gasteiger partial charge on any atom is -0.478 e. The van der Waals surface area contributed by atoms with Crippen molar-refractivity contribution in [1.82, 2.24) is 31.5 Å². The fourth-order valence-electron chi connectivity index (χ4n) is 7.70. The van der Waals surface area contributed by atoms with Gasteiger partial charge in [0.25, 0.3) is 29.5 Å². The van der Waals surface area contributed by atoms with Crippen LogP contribution in [0.25, 0.3) is 22.3 Å². The maximum absolute atomic E-state index is 15.0. The zero-order valence-corrected chi connectivity index (χ0v) is 41.0. The van der Waals surface area contributed by atoms with Crippen LogP contribution in [0.4, 0.5) is 8.78 Å². The van der Waals surface area contributed by atoms with Gasteiger partial charge in [-0.1, -0.05) is 53.7 Å². The predicted molar refractivity (Wildman–Crippen MR) is 263 cm³/mol. The van der Waals surface area contributed by atoms with Crippen molar-refractivity contribution in [1.29, 1.82) is 0 Å². The van der Waals surface area contributed by atoms with Gasteiger partial charge in [-0.25, -0.2) is 13.6 Å². The maximum Gasteiger partial charge on any atom is 0.336 e. The summed E-state index contributed by atoms with van der Waals surface area (Å²) in [6.45, 7) is 19.3. The Morgan fingerprint density at radius 2 is 0.971 bits per heavy atom. The fraction of sp³-hybridized carbons (Fsp3) is 0.444. The molecule has 1 saturated heterocycles. The Morgan fingerprint density at radius 1 is 0.551 bits per heavy atom. The third-order valence-electron chi connectivity index (χ3n) is 12.1. The molecule has 0 atom stereocenters. The molecule has 3 fully saturated rings. The van der Waals surface area contributed by atoms with Crippen molar-refractivity contribution in [2.75, 3.05) is 39.3 Å². The summed E-state index contributed by atoms with van der Waals surface area (Å²) in [4.78, 5) is 78.2. The maximum atomic E-state index is 15.0. The van der Waals surface area contributed by atoms with Gasteiger partial charge in [-0.3, -0.25) is 24.0 Å². The van der Waals surface area contributed by atoms with Crippen LogP contribution in [0.5, 0.6) is 0 Å². The Balaban J connectivity index is 0.000000232. The van der Waals surface area contributed by atoms with E-state index in [4.69, 9.17) is 0 Å². The first kappa shape index (κ1) is 51.9. The van der Waals surface area contributed by atoms with Gasteiger partial charge in [-0.2, -0.15) is 0 Å². The first-order chi connectivity index (χ1) is 32.5. The molecule has 0 aromatic heterocycles. The molecule has 69 heavy (non-hydrogen) atoms. The third kappa shape index (κ3) is 14.5. The molecule has 4 aromatic rings. The van der Waals surface area contributed by atoms with E-state index in [-0.39, 0.29) is 85.5 Å². The van der Waals surface area contributed by atoms with E-state index in [2.05, 4.69) is 31.5 Å². The zero-order valence-electron chi connectivity index (χ0n) is 41.0. The van der Waals surface area contributed by atoms with Gasteiger partial charge in [0, 0.05) is 66.1 Å². The second-order valence-corrected chi connectivity index (χ2v) is 20.9. The molecule has 7 rings (SSSR count). The average Bonchev–Trinajstić information content (AvgIpc) is 4.24. The van der Waals surface area contributed by atoms with Gasteiger partial charge in [0.2, 0.25) is 0 Å². The predicted octanol–water partition coefficient (Wildman–Crippen LogP) is 8.46. The molecule has 4 aromatic carbocycles. The smallest absolute Gasteiger partial charge is 0.336 e. The topological polar surface area (TPSA) is 186 Å². The highest BCUT2D eigenvalue weighted by Gasteiger charge is 2.28. The van der Waals surface area contributed by atoms with Crippen LogP contribution in [0.1, 0.15) is 153 Å². The molecule has 15 heteroatoms. The van der Waals surface area contributed by atoms with Gasteiger partial charge < -0.3 is 36.6 Å². The highest BCUT2D eigenvalue weighted by Crippen LogP contribution is 2.33. The van der Waals surface area contributed by atoms with Gasteiger partial charge in [0.05, 0.1) is 5.56 Å². The number of aromatic carboxylic acids is 1. The van der Waals surface area contributed by atoms with E-state index in [1.165, 1.54) is 50.1 Å². The number of halogens is 2. The molecule has 3 aliphatic rings. The normalized spacial score (nSPS) is 14.8. The number of carboxylic acid groups (broad SMARTS) is 1. The number of rotatable bonds is 15. The van der Waals surface area contributed by atoms with Crippen molar-refractivity contribution in [2.45, 2.75) is 106 Å². The summed E-state index contributed by atoms with van der Waals surface area (Å²) in [5.74, 6) is -4.08. The van der Waals surface area contributed by atoms with Crippen LogP contribution in [0, 0.1) is 36.3 Å². The molecule has 2 aliphatic carbocycles. The highest BCUT2D eigenvalue weighted by atomic mass is 19.1. The number of likely N-dealkylation sites (tertiary alicyclic amines) is 1. The number of carboxylic acids is 1. The number of hydrogen-bond acceptors (Lipinski definition) is 7. The number of hydrogen-bond donors (Lipinski definition) is 6. The van der Waals surface area contributed by atoms with E-state index in [0.717, 1.165) is 51.4 Å². The summed E-state index contributed by atoms with van der Waals surface area (Å²) >= 11 is 0. The number of amides is 5. The summed E-state index contributed by atoms with van der Waals surface area (Å²) < 4.78 is 29.6. The third-order valence-corrected chi connectivity index (χ3v) is 12.1. The van der Waals surface area contributed by atoms with E-state index in [9.17, 15) is 38.3 Å². The second kappa shape index (κ2) is 21.9. The van der Waals surface area contributed by atoms with Crippen molar-refractivity contribution in [3.8, 4) is 22.3 Å². The summed E-state index contributed by atoms with van der Waals surface area (Å²) in [6.07, 6.45) is 5.98. The SMILES string of the molecule is Cc1c(F)cc(C(=O)NC2CC2)cc1-c1ccc(C(=O)NCC(C)(C)C)cc1C(=O)NCCN1CCCC1.Cc1c(F)cc(C(=O)NC2CC2)cc1-c1ccc(C(=O)NCC(C)(C)C)cc1C(=O)O. The van der Waals surface area contributed by atoms with Gasteiger partial charge in [-0.15, -0.1) is 0 Å².